The number of thiazole rings is 1. The number of ether oxygens (including phenoxy) is 2. The minimum atomic E-state index is -0.387. The molecule has 0 atom stereocenters. The highest BCUT2D eigenvalue weighted by atomic mass is 32.1. The first-order valence-electron chi connectivity index (χ1n) is 7.99. The fraction of sp³-hybridized carbons (Fsp3) is 0.105. The van der Waals surface area contributed by atoms with Crippen molar-refractivity contribution in [1.82, 2.24) is 14.6 Å². The molecule has 27 heavy (non-hydrogen) atoms. The van der Waals surface area contributed by atoms with Gasteiger partial charge in [0.05, 0.1) is 18.8 Å². The molecule has 4 rings (SSSR count). The average Bonchev–Trinajstić information content (AvgIpc) is 3.23. The third-order valence-corrected chi connectivity index (χ3v) is 4.97. The maximum absolute atomic E-state index is 13.8. The van der Waals surface area contributed by atoms with E-state index in [1.54, 1.807) is 50.6 Å². The minimum Gasteiger partial charge on any atom is -0.493 e. The first-order valence-corrected chi connectivity index (χ1v) is 8.80. The number of hydrogen-bond donors (Lipinski definition) is 0. The molecule has 8 heteroatoms. The van der Waals surface area contributed by atoms with Gasteiger partial charge >= 0.3 is 0 Å². The molecule has 6 nitrogen and oxygen atoms in total. The molecule has 2 aromatic carbocycles. The Kier molecular flexibility index (Phi) is 4.33. The summed E-state index contributed by atoms with van der Waals surface area (Å²) in [6.07, 6.45) is 1.51. The number of methoxy groups -OCH3 is 2. The van der Waals surface area contributed by atoms with Gasteiger partial charge in [-0.3, -0.25) is 4.79 Å². The first-order chi connectivity index (χ1) is 13.1. The summed E-state index contributed by atoms with van der Waals surface area (Å²) in [5.74, 6) is 1.15. The van der Waals surface area contributed by atoms with E-state index in [1.807, 2.05) is 0 Å². The van der Waals surface area contributed by atoms with Crippen molar-refractivity contribution < 1.29 is 13.9 Å². The summed E-state index contributed by atoms with van der Waals surface area (Å²) in [5, 5.41) is 4.29. The Hall–Kier alpha value is -3.26. The molecule has 0 aliphatic carbocycles. The van der Waals surface area contributed by atoms with Gasteiger partial charge in [-0.2, -0.15) is 9.50 Å². The van der Waals surface area contributed by atoms with E-state index in [0.29, 0.717) is 37.9 Å². The Morgan fingerprint density at radius 2 is 1.89 bits per heavy atom. The van der Waals surface area contributed by atoms with Crippen molar-refractivity contribution >= 4 is 22.4 Å². The van der Waals surface area contributed by atoms with Crippen molar-refractivity contribution in [3.63, 3.8) is 0 Å². The van der Waals surface area contributed by atoms with Crippen LogP contribution in [0, 0.1) is 5.82 Å². The Balaban J connectivity index is 1.80. The number of aromatic nitrogens is 3. The fourth-order valence-electron chi connectivity index (χ4n) is 2.66. The fourth-order valence-corrected chi connectivity index (χ4v) is 3.56. The summed E-state index contributed by atoms with van der Waals surface area (Å²) in [6.45, 7) is 0. The Morgan fingerprint density at radius 3 is 2.59 bits per heavy atom. The molecule has 0 aliphatic heterocycles. The van der Waals surface area contributed by atoms with Gasteiger partial charge in [-0.1, -0.05) is 29.5 Å². The lowest BCUT2D eigenvalue weighted by Crippen LogP contribution is -2.23. The third-order valence-electron chi connectivity index (χ3n) is 4.02. The number of halogens is 1. The van der Waals surface area contributed by atoms with E-state index in [2.05, 4.69) is 10.1 Å². The highest BCUT2D eigenvalue weighted by Crippen LogP contribution is 2.31. The molecule has 0 fully saturated rings. The largest absolute Gasteiger partial charge is 0.493 e. The quantitative estimate of drug-likeness (QED) is 0.542. The van der Waals surface area contributed by atoms with Gasteiger partial charge in [-0.15, -0.1) is 5.10 Å². The van der Waals surface area contributed by atoms with E-state index in [1.165, 1.54) is 16.7 Å². The van der Waals surface area contributed by atoms with Crippen molar-refractivity contribution in [3.8, 4) is 22.9 Å². The van der Waals surface area contributed by atoms with Gasteiger partial charge < -0.3 is 9.47 Å². The van der Waals surface area contributed by atoms with Crippen molar-refractivity contribution in [2.75, 3.05) is 14.2 Å². The third kappa shape index (κ3) is 3.04. The molecule has 136 valence electrons. The SMILES string of the molecule is COc1ccc(-c2nc3s/c(=C\c4ccccc4F)c(=O)n3n2)cc1OC. The molecule has 0 radical (unpaired) electrons. The molecule has 4 aromatic rings. The van der Waals surface area contributed by atoms with E-state index in [-0.39, 0.29) is 11.4 Å². The highest BCUT2D eigenvalue weighted by molar-refractivity contribution is 7.15. The van der Waals surface area contributed by atoms with Crippen molar-refractivity contribution in [2.45, 2.75) is 0 Å². The Morgan fingerprint density at radius 1 is 1.11 bits per heavy atom. The summed E-state index contributed by atoms with van der Waals surface area (Å²) in [4.78, 5) is 17.4. The molecular weight excluding hydrogens is 369 g/mol. The van der Waals surface area contributed by atoms with Crippen LogP contribution in [0.5, 0.6) is 11.5 Å². The smallest absolute Gasteiger partial charge is 0.291 e. The molecule has 0 amide bonds. The van der Waals surface area contributed by atoms with Gasteiger partial charge in [-0.05, 0) is 30.3 Å². The van der Waals surface area contributed by atoms with Crippen LogP contribution in [0.1, 0.15) is 5.56 Å². The standard InChI is InChI=1S/C19H14FN3O3S/c1-25-14-8-7-12(9-15(14)26-2)17-21-19-23(22-17)18(24)16(27-19)10-11-5-3-4-6-13(11)20/h3-10H,1-2H3/b16-10-. The molecule has 0 unspecified atom stereocenters. The normalized spacial score (nSPS) is 11.9. The van der Waals surface area contributed by atoms with E-state index in [0.717, 1.165) is 11.3 Å². The van der Waals surface area contributed by atoms with Gasteiger partial charge in [0, 0.05) is 11.1 Å². The van der Waals surface area contributed by atoms with Crippen LogP contribution >= 0.6 is 11.3 Å². The van der Waals surface area contributed by atoms with Crippen molar-refractivity contribution in [1.29, 1.82) is 0 Å². The lowest BCUT2D eigenvalue weighted by atomic mass is 10.2. The molecule has 0 aliphatic rings. The number of rotatable bonds is 4. The predicted octanol–water partition coefficient (Wildman–Crippen LogP) is 2.52. The van der Waals surface area contributed by atoms with E-state index >= 15 is 0 Å². The molecule has 0 spiro atoms. The van der Waals surface area contributed by atoms with Gasteiger partial charge in [0.15, 0.2) is 17.3 Å². The van der Waals surface area contributed by atoms with Gasteiger partial charge in [0.1, 0.15) is 5.82 Å². The predicted molar refractivity (Wildman–Crippen MR) is 101 cm³/mol. The van der Waals surface area contributed by atoms with Gasteiger partial charge in [0.25, 0.3) is 5.56 Å². The molecule has 0 saturated carbocycles. The van der Waals surface area contributed by atoms with E-state index in [9.17, 15) is 9.18 Å². The number of nitrogens with zero attached hydrogens (tertiary/aromatic N) is 3. The lowest BCUT2D eigenvalue weighted by molar-refractivity contribution is 0.355. The molecule has 0 N–H and O–H groups in total. The topological polar surface area (TPSA) is 65.7 Å². The van der Waals surface area contributed by atoms with Gasteiger partial charge in [-0.25, -0.2) is 4.39 Å². The summed E-state index contributed by atoms with van der Waals surface area (Å²) in [7, 11) is 3.10. The van der Waals surface area contributed by atoms with Crippen LogP contribution in [0.15, 0.2) is 47.3 Å². The van der Waals surface area contributed by atoms with Crippen LogP contribution in [0.4, 0.5) is 4.39 Å². The zero-order valence-electron chi connectivity index (χ0n) is 14.5. The second kappa shape index (κ2) is 6.81. The maximum Gasteiger partial charge on any atom is 0.291 e. The average molecular weight is 383 g/mol. The molecular formula is C19H14FN3O3S. The highest BCUT2D eigenvalue weighted by Gasteiger charge is 2.14. The first kappa shape index (κ1) is 17.2. The van der Waals surface area contributed by atoms with Crippen LogP contribution in [0.3, 0.4) is 0 Å². The molecule has 2 heterocycles. The minimum absolute atomic E-state index is 0.336. The summed E-state index contributed by atoms with van der Waals surface area (Å²) < 4.78 is 25.9. The Labute approximate surface area is 157 Å². The Bertz CT molecular complexity index is 1250. The van der Waals surface area contributed by atoms with Crippen LogP contribution in [0.25, 0.3) is 22.4 Å². The van der Waals surface area contributed by atoms with E-state index < -0.39 is 0 Å². The van der Waals surface area contributed by atoms with Crippen LogP contribution < -0.4 is 19.6 Å². The molecule has 2 aromatic heterocycles. The number of hydrogen-bond acceptors (Lipinski definition) is 6. The number of fused-ring (bicyclic) bond motifs is 1. The van der Waals surface area contributed by atoms with Crippen LogP contribution in [0.2, 0.25) is 0 Å². The zero-order valence-corrected chi connectivity index (χ0v) is 15.3. The van der Waals surface area contributed by atoms with Crippen molar-refractivity contribution in [2.24, 2.45) is 0 Å². The maximum atomic E-state index is 13.8. The summed E-state index contributed by atoms with van der Waals surface area (Å²) in [5.41, 5.74) is 0.708. The van der Waals surface area contributed by atoms with E-state index in [4.69, 9.17) is 9.47 Å². The van der Waals surface area contributed by atoms with Crippen LogP contribution in [-0.4, -0.2) is 28.8 Å². The second-order valence-corrected chi connectivity index (χ2v) is 6.65. The van der Waals surface area contributed by atoms with Crippen molar-refractivity contribution in [3.05, 3.63) is 68.7 Å². The number of benzene rings is 2. The summed E-state index contributed by atoms with van der Waals surface area (Å²) >= 11 is 1.16. The lowest BCUT2D eigenvalue weighted by Gasteiger charge is -2.07. The molecule has 0 saturated heterocycles. The second-order valence-electron chi connectivity index (χ2n) is 5.64. The zero-order chi connectivity index (χ0) is 19.0. The van der Waals surface area contributed by atoms with Crippen LogP contribution in [-0.2, 0) is 0 Å². The summed E-state index contributed by atoms with van der Waals surface area (Å²) in [6, 6.07) is 11.6. The molecule has 0 bridgehead atoms. The van der Waals surface area contributed by atoms with Gasteiger partial charge in [0.2, 0.25) is 4.96 Å². The monoisotopic (exact) mass is 383 g/mol.